The number of halogens is 1. The molecule has 0 N–H and O–H groups in total. The minimum Gasteiger partial charge on any atom is -0.484 e. The average Bonchev–Trinajstić information content (AvgIpc) is 3.15. The predicted molar refractivity (Wildman–Crippen MR) is 114 cm³/mol. The molecule has 1 aliphatic rings. The number of carbonyl (C=O) groups excluding carboxylic acids is 1. The molecule has 0 aliphatic carbocycles. The number of likely N-dealkylation sites (tertiary alicyclic amines) is 1. The fourth-order valence-electron chi connectivity index (χ4n) is 3.46. The number of aromatic nitrogens is 1. The van der Waals surface area contributed by atoms with Crippen LogP contribution in [0.4, 0.5) is 4.39 Å². The second-order valence-corrected chi connectivity index (χ2v) is 8.19. The van der Waals surface area contributed by atoms with Crippen LogP contribution in [0.25, 0.3) is 21.0 Å². The first-order valence-corrected chi connectivity index (χ1v) is 10.7. The van der Waals surface area contributed by atoms with Gasteiger partial charge in [-0.15, -0.1) is 11.3 Å². The summed E-state index contributed by atoms with van der Waals surface area (Å²) < 4.78 is 18.8. The standard InChI is InChI=1S/C23H23FN2O2S/c1-16-22(29-23(25-16)18-5-9-19(24)10-6-18)17-7-11-20(12-8-17)28-15-21(27)26-13-3-2-4-14-26/h5-12H,2-4,13-15H2,1H3. The molecule has 0 spiro atoms. The van der Waals surface area contributed by atoms with E-state index in [1.165, 1.54) is 18.6 Å². The summed E-state index contributed by atoms with van der Waals surface area (Å²) in [6, 6.07) is 14.1. The van der Waals surface area contributed by atoms with Crippen LogP contribution in [0.15, 0.2) is 48.5 Å². The molecule has 4 rings (SSSR count). The molecule has 150 valence electrons. The quantitative estimate of drug-likeness (QED) is 0.572. The van der Waals surface area contributed by atoms with Crippen molar-refractivity contribution in [1.82, 2.24) is 9.88 Å². The molecule has 1 aromatic heterocycles. The van der Waals surface area contributed by atoms with Crippen molar-refractivity contribution < 1.29 is 13.9 Å². The van der Waals surface area contributed by atoms with E-state index in [0.717, 1.165) is 52.6 Å². The summed E-state index contributed by atoms with van der Waals surface area (Å²) in [6.45, 7) is 3.72. The largest absolute Gasteiger partial charge is 0.484 e. The van der Waals surface area contributed by atoms with E-state index < -0.39 is 0 Å². The van der Waals surface area contributed by atoms with Crippen molar-refractivity contribution in [3.05, 3.63) is 60.0 Å². The van der Waals surface area contributed by atoms with Gasteiger partial charge in [0.25, 0.3) is 5.91 Å². The van der Waals surface area contributed by atoms with E-state index in [1.54, 1.807) is 23.5 Å². The molecule has 3 aromatic rings. The van der Waals surface area contributed by atoms with Gasteiger partial charge in [-0.2, -0.15) is 0 Å². The van der Waals surface area contributed by atoms with Crippen molar-refractivity contribution in [1.29, 1.82) is 0 Å². The lowest BCUT2D eigenvalue weighted by Crippen LogP contribution is -2.38. The zero-order valence-electron chi connectivity index (χ0n) is 16.4. The van der Waals surface area contributed by atoms with Crippen LogP contribution in [0.2, 0.25) is 0 Å². The van der Waals surface area contributed by atoms with Gasteiger partial charge in [0.2, 0.25) is 0 Å². The maximum atomic E-state index is 13.2. The monoisotopic (exact) mass is 410 g/mol. The molecule has 1 fully saturated rings. The average molecular weight is 411 g/mol. The highest BCUT2D eigenvalue weighted by Crippen LogP contribution is 2.35. The number of hydrogen-bond acceptors (Lipinski definition) is 4. The van der Waals surface area contributed by atoms with Crippen molar-refractivity contribution in [2.24, 2.45) is 0 Å². The highest BCUT2D eigenvalue weighted by molar-refractivity contribution is 7.18. The van der Waals surface area contributed by atoms with Gasteiger partial charge < -0.3 is 9.64 Å². The van der Waals surface area contributed by atoms with Crippen LogP contribution in [-0.4, -0.2) is 35.5 Å². The summed E-state index contributed by atoms with van der Waals surface area (Å²) in [5.41, 5.74) is 2.88. The Balaban J connectivity index is 1.42. The molecule has 2 aromatic carbocycles. The summed E-state index contributed by atoms with van der Waals surface area (Å²) >= 11 is 1.58. The topological polar surface area (TPSA) is 42.4 Å². The highest BCUT2D eigenvalue weighted by Gasteiger charge is 2.17. The van der Waals surface area contributed by atoms with Crippen LogP contribution >= 0.6 is 11.3 Å². The lowest BCUT2D eigenvalue weighted by molar-refractivity contribution is -0.134. The number of nitrogens with zero attached hydrogens (tertiary/aromatic N) is 2. The van der Waals surface area contributed by atoms with Crippen molar-refractivity contribution in [3.8, 4) is 26.8 Å². The third-order valence-corrected chi connectivity index (χ3v) is 6.33. The maximum absolute atomic E-state index is 13.2. The van der Waals surface area contributed by atoms with Crippen LogP contribution < -0.4 is 4.74 Å². The van der Waals surface area contributed by atoms with Gasteiger partial charge in [-0.3, -0.25) is 4.79 Å². The van der Waals surface area contributed by atoms with Gasteiger partial charge in [-0.05, 0) is 80.3 Å². The minimum absolute atomic E-state index is 0.0519. The molecule has 4 nitrogen and oxygen atoms in total. The smallest absolute Gasteiger partial charge is 0.260 e. The fraction of sp³-hybridized carbons (Fsp3) is 0.304. The zero-order valence-corrected chi connectivity index (χ0v) is 17.2. The lowest BCUT2D eigenvalue weighted by Gasteiger charge is -2.26. The highest BCUT2D eigenvalue weighted by atomic mass is 32.1. The molecule has 1 aliphatic heterocycles. The van der Waals surface area contributed by atoms with Crippen LogP contribution in [0.5, 0.6) is 5.75 Å². The third kappa shape index (κ3) is 4.65. The Labute approximate surface area is 174 Å². The van der Waals surface area contributed by atoms with Crippen molar-refractivity contribution in [2.45, 2.75) is 26.2 Å². The van der Waals surface area contributed by atoms with Gasteiger partial charge >= 0.3 is 0 Å². The van der Waals surface area contributed by atoms with Crippen LogP contribution in [0.1, 0.15) is 25.0 Å². The molecule has 0 bridgehead atoms. The van der Waals surface area contributed by atoms with Gasteiger partial charge in [0.15, 0.2) is 6.61 Å². The first-order valence-electron chi connectivity index (χ1n) is 9.84. The number of piperidine rings is 1. The Morgan fingerprint density at radius 1 is 1.03 bits per heavy atom. The molecular weight excluding hydrogens is 387 g/mol. The number of thiazole rings is 1. The van der Waals surface area contributed by atoms with Gasteiger partial charge in [-0.1, -0.05) is 0 Å². The molecule has 6 heteroatoms. The molecular formula is C23H23FN2O2S. The SMILES string of the molecule is Cc1nc(-c2ccc(F)cc2)sc1-c1ccc(OCC(=O)N2CCCCC2)cc1. The number of aryl methyl sites for hydroxylation is 1. The summed E-state index contributed by atoms with van der Waals surface area (Å²) in [5.74, 6) is 0.479. The molecule has 0 saturated carbocycles. The van der Waals surface area contributed by atoms with Crippen molar-refractivity contribution in [2.75, 3.05) is 19.7 Å². The second-order valence-electron chi connectivity index (χ2n) is 7.19. The zero-order chi connectivity index (χ0) is 20.2. The molecule has 2 heterocycles. The number of ether oxygens (including phenoxy) is 1. The Morgan fingerprint density at radius 2 is 1.69 bits per heavy atom. The van der Waals surface area contributed by atoms with Gasteiger partial charge in [0.1, 0.15) is 16.6 Å². The summed E-state index contributed by atoms with van der Waals surface area (Å²) in [6.07, 6.45) is 3.36. The number of hydrogen-bond donors (Lipinski definition) is 0. The van der Waals surface area contributed by atoms with Crippen LogP contribution in [0, 0.1) is 12.7 Å². The fourth-order valence-corrected chi connectivity index (χ4v) is 4.54. The summed E-state index contributed by atoms with van der Waals surface area (Å²) in [4.78, 5) is 19.8. The van der Waals surface area contributed by atoms with E-state index >= 15 is 0 Å². The van der Waals surface area contributed by atoms with Crippen molar-refractivity contribution in [3.63, 3.8) is 0 Å². The Morgan fingerprint density at radius 3 is 2.38 bits per heavy atom. The Hall–Kier alpha value is -2.73. The predicted octanol–water partition coefficient (Wildman–Crippen LogP) is 5.32. The van der Waals surface area contributed by atoms with E-state index in [9.17, 15) is 9.18 Å². The van der Waals surface area contributed by atoms with E-state index in [1.807, 2.05) is 36.1 Å². The third-order valence-electron chi connectivity index (χ3n) is 5.08. The van der Waals surface area contributed by atoms with Gasteiger partial charge in [-0.25, -0.2) is 9.37 Å². The van der Waals surface area contributed by atoms with Crippen LogP contribution in [0.3, 0.4) is 0 Å². The molecule has 0 unspecified atom stereocenters. The lowest BCUT2D eigenvalue weighted by atomic mass is 10.1. The maximum Gasteiger partial charge on any atom is 0.260 e. The number of benzene rings is 2. The minimum atomic E-state index is -0.253. The van der Waals surface area contributed by atoms with E-state index in [0.29, 0.717) is 5.75 Å². The number of amides is 1. The van der Waals surface area contributed by atoms with Gasteiger partial charge in [0, 0.05) is 18.7 Å². The van der Waals surface area contributed by atoms with E-state index in [2.05, 4.69) is 4.98 Å². The molecule has 29 heavy (non-hydrogen) atoms. The summed E-state index contributed by atoms with van der Waals surface area (Å²) in [5, 5.41) is 0.866. The molecule has 1 saturated heterocycles. The number of carbonyl (C=O) groups is 1. The van der Waals surface area contributed by atoms with E-state index in [4.69, 9.17) is 4.74 Å². The van der Waals surface area contributed by atoms with Gasteiger partial charge in [0.05, 0.1) is 10.6 Å². The number of rotatable bonds is 5. The van der Waals surface area contributed by atoms with Crippen LogP contribution in [-0.2, 0) is 4.79 Å². The molecule has 0 atom stereocenters. The molecule has 1 amide bonds. The summed E-state index contributed by atoms with van der Waals surface area (Å²) in [7, 11) is 0. The Bertz CT molecular complexity index is 977. The first kappa shape index (κ1) is 19.6. The Kier molecular flexibility index (Phi) is 5.90. The first-order chi connectivity index (χ1) is 14.1. The second kappa shape index (κ2) is 8.74. The van der Waals surface area contributed by atoms with E-state index in [-0.39, 0.29) is 18.3 Å². The normalized spacial score (nSPS) is 14.1. The molecule has 0 radical (unpaired) electrons. The van der Waals surface area contributed by atoms with Crippen molar-refractivity contribution >= 4 is 17.2 Å².